The smallest absolute Gasteiger partial charge is 0.258 e. The van der Waals surface area contributed by atoms with E-state index in [1.54, 1.807) is 53.4 Å². The van der Waals surface area contributed by atoms with Gasteiger partial charge in [-0.2, -0.15) is 0 Å². The number of nitrogens with one attached hydrogen (secondary N) is 1. The molecule has 0 bridgehead atoms. The Morgan fingerprint density at radius 3 is 2.67 bits per heavy atom. The Kier molecular flexibility index (Phi) is 5.66. The normalized spacial score (nSPS) is 10.6. The number of hydrogen-bond donors (Lipinski definition) is 1. The molecule has 2 aromatic carbocycles. The molecule has 0 aliphatic heterocycles. The zero-order valence-electron chi connectivity index (χ0n) is 15.1. The predicted octanol–water partition coefficient (Wildman–Crippen LogP) is 3.15. The topological polar surface area (TPSA) is 75.3 Å². The van der Waals surface area contributed by atoms with Crippen LogP contribution in [-0.4, -0.2) is 33.9 Å². The Bertz CT molecular complexity index is 1010. The standard InChI is InChI=1S/C21H21N3O3/c1-3-13-27-16-11-9-15(10-12-16)21(26)24(4-2)14-19-22-18-8-6-5-7-17(18)20(25)23-19/h3,5-12H,1,4,13-14H2,2H3,(H,22,23,25). The van der Waals surface area contributed by atoms with Crippen LogP contribution in [0.2, 0.25) is 0 Å². The summed E-state index contributed by atoms with van der Waals surface area (Å²) in [5.74, 6) is 0.999. The number of benzene rings is 2. The number of carbonyl (C=O) groups is 1. The van der Waals surface area contributed by atoms with Gasteiger partial charge in [0.05, 0.1) is 17.4 Å². The van der Waals surface area contributed by atoms with Gasteiger partial charge in [-0.1, -0.05) is 24.8 Å². The number of rotatable bonds is 7. The summed E-state index contributed by atoms with van der Waals surface area (Å²) in [4.78, 5) is 33.9. The SMILES string of the molecule is C=CCOc1ccc(C(=O)N(CC)Cc2nc3ccccc3c(=O)[nH]2)cc1. The van der Waals surface area contributed by atoms with Gasteiger partial charge in [0.15, 0.2) is 0 Å². The Morgan fingerprint density at radius 1 is 1.22 bits per heavy atom. The number of carbonyl (C=O) groups excluding carboxylic acids is 1. The van der Waals surface area contributed by atoms with Crippen LogP contribution in [0.5, 0.6) is 5.75 Å². The van der Waals surface area contributed by atoms with Crippen LogP contribution in [0.3, 0.4) is 0 Å². The van der Waals surface area contributed by atoms with E-state index in [-0.39, 0.29) is 18.0 Å². The van der Waals surface area contributed by atoms with Crippen molar-refractivity contribution < 1.29 is 9.53 Å². The van der Waals surface area contributed by atoms with Crippen molar-refractivity contribution in [3.63, 3.8) is 0 Å². The number of aromatic nitrogens is 2. The lowest BCUT2D eigenvalue weighted by Crippen LogP contribution is -2.31. The third kappa shape index (κ3) is 4.23. The van der Waals surface area contributed by atoms with Crippen molar-refractivity contribution in [2.45, 2.75) is 13.5 Å². The third-order valence-corrected chi connectivity index (χ3v) is 4.14. The molecule has 0 radical (unpaired) electrons. The van der Waals surface area contributed by atoms with Gasteiger partial charge >= 0.3 is 0 Å². The quantitative estimate of drug-likeness (QED) is 0.654. The minimum atomic E-state index is -0.206. The highest BCUT2D eigenvalue weighted by Crippen LogP contribution is 2.15. The summed E-state index contributed by atoms with van der Waals surface area (Å²) in [7, 11) is 0. The monoisotopic (exact) mass is 363 g/mol. The summed E-state index contributed by atoms with van der Waals surface area (Å²) in [6.07, 6.45) is 1.66. The van der Waals surface area contributed by atoms with E-state index in [9.17, 15) is 9.59 Å². The number of fused-ring (bicyclic) bond motifs is 1. The second-order valence-corrected chi connectivity index (χ2v) is 5.97. The number of hydrogen-bond acceptors (Lipinski definition) is 4. The Hall–Kier alpha value is -3.41. The van der Waals surface area contributed by atoms with Crippen molar-refractivity contribution in [1.82, 2.24) is 14.9 Å². The maximum atomic E-state index is 12.8. The minimum absolute atomic E-state index is 0.136. The molecule has 6 nitrogen and oxygen atoms in total. The first-order chi connectivity index (χ1) is 13.1. The van der Waals surface area contributed by atoms with Gasteiger partial charge in [0.25, 0.3) is 11.5 Å². The molecule has 1 N–H and O–H groups in total. The predicted molar refractivity (Wildman–Crippen MR) is 105 cm³/mol. The lowest BCUT2D eigenvalue weighted by molar-refractivity contribution is 0.0748. The van der Waals surface area contributed by atoms with Crippen molar-refractivity contribution in [3.8, 4) is 5.75 Å². The van der Waals surface area contributed by atoms with Crippen LogP contribution in [0.15, 0.2) is 66.0 Å². The van der Waals surface area contributed by atoms with Gasteiger partial charge in [0.2, 0.25) is 0 Å². The molecule has 0 fully saturated rings. The molecular weight excluding hydrogens is 342 g/mol. The van der Waals surface area contributed by atoms with E-state index >= 15 is 0 Å². The zero-order valence-corrected chi connectivity index (χ0v) is 15.1. The molecule has 0 aliphatic rings. The van der Waals surface area contributed by atoms with Crippen LogP contribution in [0.1, 0.15) is 23.1 Å². The van der Waals surface area contributed by atoms with Gasteiger partial charge in [-0.3, -0.25) is 9.59 Å². The molecule has 0 saturated carbocycles. The average Bonchev–Trinajstić information content (AvgIpc) is 2.70. The highest BCUT2D eigenvalue weighted by atomic mass is 16.5. The molecule has 0 spiro atoms. The molecule has 0 unspecified atom stereocenters. The van der Waals surface area contributed by atoms with Crippen LogP contribution < -0.4 is 10.3 Å². The summed E-state index contributed by atoms with van der Waals surface area (Å²) in [6.45, 7) is 6.62. The lowest BCUT2D eigenvalue weighted by atomic mass is 10.2. The number of nitrogens with zero attached hydrogens (tertiary/aromatic N) is 2. The molecule has 1 heterocycles. The first-order valence-corrected chi connectivity index (χ1v) is 8.73. The number of aromatic amines is 1. The molecule has 3 rings (SSSR count). The van der Waals surface area contributed by atoms with Crippen LogP contribution in [0, 0.1) is 0 Å². The van der Waals surface area contributed by atoms with E-state index in [2.05, 4.69) is 16.5 Å². The summed E-state index contributed by atoms with van der Waals surface area (Å²) in [5.41, 5.74) is 0.956. The molecular formula is C21H21N3O3. The molecule has 138 valence electrons. The number of H-pyrrole nitrogens is 1. The molecule has 0 saturated heterocycles. The van der Waals surface area contributed by atoms with E-state index in [1.165, 1.54) is 0 Å². The van der Waals surface area contributed by atoms with Gasteiger partial charge < -0.3 is 14.6 Å². The largest absolute Gasteiger partial charge is 0.490 e. The minimum Gasteiger partial charge on any atom is -0.490 e. The van der Waals surface area contributed by atoms with E-state index in [0.717, 1.165) is 0 Å². The Morgan fingerprint density at radius 2 is 1.96 bits per heavy atom. The van der Waals surface area contributed by atoms with E-state index < -0.39 is 0 Å². The molecule has 0 atom stereocenters. The van der Waals surface area contributed by atoms with Crippen molar-refractivity contribution in [2.75, 3.05) is 13.2 Å². The van der Waals surface area contributed by atoms with Crippen molar-refractivity contribution in [2.24, 2.45) is 0 Å². The fraction of sp³-hybridized carbons (Fsp3) is 0.190. The van der Waals surface area contributed by atoms with Gasteiger partial charge in [-0.15, -0.1) is 0 Å². The Balaban J connectivity index is 1.79. The Labute approximate surface area is 157 Å². The van der Waals surface area contributed by atoms with Crippen LogP contribution in [-0.2, 0) is 6.54 Å². The van der Waals surface area contributed by atoms with E-state index in [1.807, 2.05) is 13.0 Å². The van der Waals surface area contributed by atoms with Gasteiger partial charge in [-0.25, -0.2) is 4.98 Å². The highest BCUT2D eigenvalue weighted by Gasteiger charge is 2.16. The lowest BCUT2D eigenvalue weighted by Gasteiger charge is -2.20. The summed E-state index contributed by atoms with van der Waals surface area (Å²) >= 11 is 0. The van der Waals surface area contributed by atoms with Crippen molar-refractivity contribution in [3.05, 3.63) is 82.9 Å². The van der Waals surface area contributed by atoms with Crippen molar-refractivity contribution >= 4 is 16.8 Å². The second-order valence-electron chi connectivity index (χ2n) is 5.97. The molecule has 6 heteroatoms. The summed E-state index contributed by atoms with van der Waals surface area (Å²) in [5, 5.41) is 0.533. The first kappa shape index (κ1) is 18.4. The number of ether oxygens (including phenoxy) is 1. The van der Waals surface area contributed by atoms with E-state index in [4.69, 9.17) is 4.74 Å². The molecule has 3 aromatic rings. The molecule has 1 aromatic heterocycles. The van der Waals surface area contributed by atoms with Gasteiger partial charge in [0, 0.05) is 12.1 Å². The second kappa shape index (κ2) is 8.31. The molecule has 0 aliphatic carbocycles. The average molecular weight is 363 g/mol. The summed E-state index contributed by atoms with van der Waals surface area (Å²) < 4.78 is 5.43. The fourth-order valence-corrected chi connectivity index (χ4v) is 2.75. The molecule has 27 heavy (non-hydrogen) atoms. The number of para-hydroxylation sites is 1. The van der Waals surface area contributed by atoms with Gasteiger partial charge in [-0.05, 0) is 43.3 Å². The summed E-state index contributed by atoms with van der Waals surface area (Å²) in [6, 6.07) is 14.1. The molecule has 1 amide bonds. The number of amides is 1. The third-order valence-electron chi connectivity index (χ3n) is 4.14. The zero-order chi connectivity index (χ0) is 19.2. The van der Waals surface area contributed by atoms with Gasteiger partial charge in [0.1, 0.15) is 18.2 Å². The maximum Gasteiger partial charge on any atom is 0.258 e. The van der Waals surface area contributed by atoms with Crippen molar-refractivity contribution in [1.29, 1.82) is 0 Å². The van der Waals surface area contributed by atoms with Crippen LogP contribution in [0.4, 0.5) is 0 Å². The first-order valence-electron chi connectivity index (χ1n) is 8.73. The van der Waals surface area contributed by atoms with Crippen LogP contribution >= 0.6 is 0 Å². The van der Waals surface area contributed by atoms with E-state index in [0.29, 0.717) is 41.2 Å². The fourth-order valence-electron chi connectivity index (χ4n) is 2.75. The van der Waals surface area contributed by atoms with Crippen LogP contribution in [0.25, 0.3) is 10.9 Å². The maximum absolute atomic E-state index is 12.8. The highest BCUT2D eigenvalue weighted by molar-refractivity contribution is 5.94.